The van der Waals surface area contributed by atoms with Crippen LogP contribution in [0.5, 0.6) is 0 Å². The maximum absolute atomic E-state index is 13.0. The number of aliphatic carboxylic acids is 1. The van der Waals surface area contributed by atoms with E-state index in [1.807, 2.05) is 36.4 Å². The normalized spacial score (nSPS) is 16.0. The predicted octanol–water partition coefficient (Wildman–Crippen LogP) is 4.16. The third-order valence-electron chi connectivity index (χ3n) is 6.80. The average molecular weight is 451 g/mol. The first-order valence-electron chi connectivity index (χ1n) is 11.6. The van der Waals surface area contributed by atoms with Crippen molar-refractivity contribution in [3.63, 3.8) is 0 Å². The molecule has 33 heavy (non-hydrogen) atoms. The fourth-order valence-corrected chi connectivity index (χ4v) is 5.02. The molecule has 0 saturated heterocycles. The second-order valence-electron chi connectivity index (χ2n) is 8.84. The number of rotatable bonds is 8. The van der Waals surface area contributed by atoms with Gasteiger partial charge in [-0.15, -0.1) is 0 Å². The zero-order chi connectivity index (χ0) is 23.4. The van der Waals surface area contributed by atoms with Crippen molar-refractivity contribution in [2.75, 3.05) is 13.7 Å². The zero-order valence-corrected chi connectivity index (χ0v) is 18.8. The Morgan fingerprint density at radius 2 is 1.61 bits per heavy atom. The number of likely N-dealkylation sites (N-methyl/N-ethyl adjacent to an activating group) is 1. The van der Waals surface area contributed by atoms with Gasteiger partial charge in [0.05, 0.1) is 0 Å². The van der Waals surface area contributed by atoms with Crippen LogP contribution in [0.25, 0.3) is 11.1 Å². The molecule has 1 atom stereocenters. The van der Waals surface area contributed by atoms with Crippen LogP contribution in [-0.4, -0.2) is 53.7 Å². The second kappa shape index (κ2) is 10.1. The molecule has 2 aromatic carbocycles. The molecule has 174 valence electrons. The molecule has 0 aromatic heterocycles. The first-order chi connectivity index (χ1) is 16.0. The highest BCUT2D eigenvalue weighted by atomic mass is 16.5. The molecule has 2 aromatic rings. The molecule has 0 spiro atoms. The molecule has 0 bridgehead atoms. The molecule has 0 aliphatic heterocycles. The average Bonchev–Trinajstić information content (AvgIpc) is 3.46. The van der Waals surface area contributed by atoms with Crippen molar-refractivity contribution in [2.45, 2.75) is 56.5 Å². The summed E-state index contributed by atoms with van der Waals surface area (Å²) in [5.74, 6) is -1.36. The number of nitrogens with zero attached hydrogens (tertiary/aromatic N) is 1. The maximum atomic E-state index is 13.0. The molecule has 1 saturated carbocycles. The minimum absolute atomic E-state index is 0.0232. The number of amides is 2. The van der Waals surface area contributed by atoms with Crippen LogP contribution in [0.15, 0.2) is 48.5 Å². The molecule has 0 radical (unpaired) electrons. The highest BCUT2D eigenvalue weighted by molar-refractivity contribution is 5.86. The number of ether oxygens (including phenoxy) is 1. The van der Waals surface area contributed by atoms with Crippen LogP contribution in [0.4, 0.5) is 4.79 Å². The Morgan fingerprint density at radius 1 is 1.03 bits per heavy atom. The van der Waals surface area contributed by atoms with Gasteiger partial charge in [0.1, 0.15) is 12.6 Å². The molecule has 2 N–H and O–H groups in total. The number of hydrogen-bond acceptors (Lipinski definition) is 4. The Bertz CT molecular complexity index is 985. The third kappa shape index (κ3) is 5.02. The van der Waals surface area contributed by atoms with E-state index in [-0.39, 0.29) is 37.3 Å². The van der Waals surface area contributed by atoms with Gasteiger partial charge in [0.2, 0.25) is 5.91 Å². The highest BCUT2D eigenvalue weighted by Crippen LogP contribution is 2.44. The number of benzene rings is 2. The van der Waals surface area contributed by atoms with Gasteiger partial charge < -0.3 is 20.1 Å². The van der Waals surface area contributed by atoms with Crippen LogP contribution in [0.2, 0.25) is 0 Å². The Hall–Kier alpha value is -3.35. The Balaban J connectivity index is 1.42. The third-order valence-corrected chi connectivity index (χ3v) is 6.80. The topological polar surface area (TPSA) is 95.9 Å². The summed E-state index contributed by atoms with van der Waals surface area (Å²) in [5.41, 5.74) is 4.47. The lowest BCUT2D eigenvalue weighted by molar-refractivity contribution is -0.138. The minimum Gasteiger partial charge on any atom is -0.481 e. The van der Waals surface area contributed by atoms with E-state index in [0.717, 1.165) is 47.9 Å². The summed E-state index contributed by atoms with van der Waals surface area (Å²) in [4.78, 5) is 38.5. The standard InChI is InChI=1S/C26H30N2O5/c1-28(17-8-2-3-9-17)25(31)23(14-15-24(29)30)27-26(32)33-16-22-20-12-6-4-10-18(20)19-11-5-7-13-21(19)22/h4-7,10-13,17,22-23H,2-3,8-9,14-16H2,1H3,(H,27,32)(H,29,30). The van der Waals surface area contributed by atoms with Crippen molar-refractivity contribution in [1.29, 1.82) is 0 Å². The van der Waals surface area contributed by atoms with E-state index in [2.05, 4.69) is 17.4 Å². The summed E-state index contributed by atoms with van der Waals surface area (Å²) in [5, 5.41) is 11.7. The first kappa shape index (κ1) is 22.8. The van der Waals surface area contributed by atoms with Crippen LogP contribution in [0, 0.1) is 0 Å². The molecule has 2 amide bonds. The summed E-state index contributed by atoms with van der Waals surface area (Å²) in [6, 6.07) is 15.3. The quantitative estimate of drug-likeness (QED) is 0.630. The van der Waals surface area contributed by atoms with Crippen molar-refractivity contribution in [3.8, 4) is 11.1 Å². The van der Waals surface area contributed by atoms with Crippen LogP contribution < -0.4 is 5.32 Å². The molecule has 7 nitrogen and oxygen atoms in total. The number of fused-ring (bicyclic) bond motifs is 3. The summed E-state index contributed by atoms with van der Waals surface area (Å²) in [7, 11) is 1.73. The molecular formula is C26H30N2O5. The van der Waals surface area contributed by atoms with Crippen molar-refractivity contribution < 1.29 is 24.2 Å². The van der Waals surface area contributed by atoms with E-state index in [1.54, 1.807) is 11.9 Å². The summed E-state index contributed by atoms with van der Waals surface area (Å²) in [6.07, 6.45) is 3.11. The highest BCUT2D eigenvalue weighted by Gasteiger charge is 2.32. The van der Waals surface area contributed by atoms with Crippen molar-refractivity contribution in [2.24, 2.45) is 0 Å². The van der Waals surface area contributed by atoms with E-state index in [9.17, 15) is 14.4 Å². The number of carboxylic acids is 1. The van der Waals surface area contributed by atoms with Crippen LogP contribution in [0.3, 0.4) is 0 Å². The van der Waals surface area contributed by atoms with Crippen molar-refractivity contribution in [3.05, 3.63) is 59.7 Å². The number of carbonyl (C=O) groups excluding carboxylic acids is 2. The first-order valence-corrected chi connectivity index (χ1v) is 11.6. The fraction of sp³-hybridized carbons (Fsp3) is 0.423. The molecule has 7 heteroatoms. The van der Waals surface area contributed by atoms with Crippen molar-refractivity contribution >= 4 is 18.0 Å². The molecule has 4 rings (SSSR count). The molecule has 0 heterocycles. The van der Waals surface area contributed by atoms with E-state index >= 15 is 0 Å². The number of carbonyl (C=O) groups is 3. The number of alkyl carbamates (subject to hydrolysis) is 1. The molecule has 2 aliphatic carbocycles. The van der Waals surface area contributed by atoms with E-state index in [0.29, 0.717) is 0 Å². The monoisotopic (exact) mass is 450 g/mol. The maximum Gasteiger partial charge on any atom is 0.407 e. The van der Waals surface area contributed by atoms with Gasteiger partial charge in [0.15, 0.2) is 0 Å². The van der Waals surface area contributed by atoms with Crippen LogP contribution in [0.1, 0.15) is 55.6 Å². The van der Waals surface area contributed by atoms with E-state index in [4.69, 9.17) is 9.84 Å². The predicted molar refractivity (Wildman–Crippen MR) is 124 cm³/mol. The van der Waals surface area contributed by atoms with E-state index in [1.165, 1.54) is 0 Å². The summed E-state index contributed by atoms with van der Waals surface area (Å²) < 4.78 is 5.56. The molecular weight excluding hydrogens is 420 g/mol. The lowest BCUT2D eigenvalue weighted by atomic mass is 9.98. The van der Waals surface area contributed by atoms with Crippen molar-refractivity contribution in [1.82, 2.24) is 10.2 Å². The van der Waals surface area contributed by atoms with E-state index < -0.39 is 18.1 Å². The Kier molecular flexibility index (Phi) is 6.96. The largest absolute Gasteiger partial charge is 0.481 e. The second-order valence-corrected chi connectivity index (χ2v) is 8.84. The lowest BCUT2D eigenvalue weighted by Gasteiger charge is -2.29. The SMILES string of the molecule is CN(C(=O)C(CCC(=O)O)NC(=O)OCC1c2ccccc2-c2ccccc21)C1CCCC1. The number of nitrogens with one attached hydrogen (secondary N) is 1. The van der Waals surface area contributed by atoms with Gasteiger partial charge in [0.25, 0.3) is 0 Å². The molecule has 1 unspecified atom stereocenters. The van der Waals surface area contributed by atoms with Gasteiger partial charge in [-0.3, -0.25) is 9.59 Å². The van der Waals surface area contributed by atoms with Gasteiger partial charge in [-0.1, -0.05) is 61.4 Å². The Labute approximate surface area is 193 Å². The van der Waals surface area contributed by atoms with Gasteiger partial charge >= 0.3 is 12.1 Å². The summed E-state index contributed by atoms with van der Waals surface area (Å²) >= 11 is 0. The smallest absolute Gasteiger partial charge is 0.407 e. The van der Waals surface area contributed by atoms with Crippen LogP contribution >= 0.6 is 0 Å². The van der Waals surface area contributed by atoms with Gasteiger partial charge in [0, 0.05) is 25.4 Å². The zero-order valence-electron chi connectivity index (χ0n) is 18.8. The van der Waals surface area contributed by atoms with Gasteiger partial charge in [-0.25, -0.2) is 4.79 Å². The van der Waals surface area contributed by atoms with Crippen LogP contribution in [-0.2, 0) is 14.3 Å². The molecule has 1 fully saturated rings. The van der Waals surface area contributed by atoms with Gasteiger partial charge in [-0.05, 0) is 41.5 Å². The minimum atomic E-state index is -1.01. The number of carboxylic acid groups (broad SMARTS) is 1. The fourth-order valence-electron chi connectivity index (χ4n) is 5.02. The Morgan fingerprint density at radius 3 is 2.18 bits per heavy atom. The summed E-state index contributed by atoms with van der Waals surface area (Å²) in [6.45, 7) is 0.137. The van der Waals surface area contributed by atoms with Gasteiger partial charge in [-0.2, -0.15) is 0 Å². The number of hydrogen-bond donors (Lipinski definition) is 2. The lowest BCUT2D eigenvalue weighted by Crippen LogP contribution is -2.50. The molecule has 2 aliphatic rings.